The van der Waals surface area contributed by atoms with Gasteiger partial charge in [-0.15, -0.1) is 11.3 Å². The second-order valence-electron chi connectivity index (χ2n) is 4.85. The van der Waals surface area contributed by atoms with E-state index in [1.54, 1.807) is 31.9 Å². The second kappa shape index (κ2) is 6.19. The van der Waals surface area contributed by atoms with Gasteiger partial charge in [0.1, 0.15) is 17.0 Å². The van der Waals surface area contributed by atoms with Gasteiger partial charge < -0.3 is 14.4 Å². The van der Waals surface area contributed by atoms with E-state index in [1.807, 2.05) is 30.6 Å². The van der Waals surface area contributed by atoms with E-state index >= 15 is 0 Å². The summed E-state index contributed by atoms with van der Waals surface area (Å²) in [6, 6.07) is 7.94. The van der Waals surface area contributed by atoms with Crippen LogP contribution in [0.4, 0.5) is 5.82 Å². The smallest absolute Gasteiger partial charge is 0.165 e. The molecule has 0 saturated heterocycles. The summed E-state index contributed by atoms with van der Waals surface area (Å²) in [4.78, 5) is 11.8. The average molecular weight is 315 g/mol. The van der Waals surface area contributed by atoms with Gasteiger partial charge in [-0.25, -0.2) is 9.97 Å². The molecule has 0 saturated carbocycles. The molecule has 2 heterocycles. The normalized spacial score (nSPS) is 10.7. The van der Waals surface area contributed by atoms with Gasteiger partial charge in [0.15, 0.2) is 11.5 Å². The molecule has 0 fully saturated rings. The van der Waals surface area contributed by atoms with Crippen LogP contribution in [0.25, 0.3) is 10.2 Å². The Morgan fingerprint density at radius 3 is 2.77 bits per heavy atom. The van der Waals surface area contributed by atoms with Gasteiger partial charge in [0.05, 0.1) is 19.6 Å². The Kier molecular flexibility index (Phi) is 4.11. The van der Waals surface area contributed by atoms with Crippen LogP contribution >= 0.6 is 11.3 Å². The number of methoxy groups -OCH3 is 2. The van der Waals surface area contributed by atoms with E-state index in [9.17, 15) is 0 Å². The van der Waals surface area contributed by atoms with Crippen molar-refractivity contribution in [2.75, 3.05) is 26.2 Å². The fourth-order valence-corrected chi connectivity index (χ4v) is 3.22. The molecule has 0 atom stereocenters. The number of ether oxygens (including phenoxy) is 2. The van der Waals surface area contributed by atoms with Gasteiger partial charge in [-0.1, -0.05) is 12.1 Å². The summed E-state index contributed by atoms with van der Waals surface area (Å²) in [5, 5.41) is 3.10. The molecule has 5 nitrogen and oxygen atoms in total. The Morgan fingerprint density at radius 2 is 2.00 bits per heavy atom. The minimum absolute atomic E-state index is 0.669. The fourth-order valence-electron chi connectivity index (χ4n) is 2.49. The predicted octanol–water partition coefficient (Wildman–Crippen LogP) is 3.34. The molecule has 0 aliphatic rings. The molecule has 0 aliphatic carbocycles. The summed E-state index contributed by atoms with van der Waals surface area (Å²) in [5.74, 6) is 2.40. The van der Waals surface area contributed by atoms with Crippen LogP contribution in [0.3, 0.4) is 0 Å². The van der Waals surface area contributed by atoms with Gasteiger partial charge in [-0.05, 0) is 17.5 Å². The standard InChI is InChI=1S/C16H17N3O2S/c1-19(15-12-7-8-22-16(12)18-10-17-15)9-11-5-4-6-13(20-2)14(11)21-3/h4-8,10H,9H2,1-3H3. The number of thiophene rings is 1. The Morgan fingerprint density at radius 1 is 1.14 bits per heavy atom. The third-order valence-electron chi connectivity index (χ3n) is 3.49. The first-order valence-corrected chi connectivity index (χ1v) is 7.71. The molecule has 0 radical (unpaired) electrons. The highest BCUT2D eigenvalue weighted by atomic mass is 32.1. The number of benzene rings is 1. The lowest BCUT2D eigenvalue weighted by Crippen LogP contribution is -2.18. The highest BCUT2D eigenvalue weighted by Gasteiger charge is 2.14. The SMILES string of the molecule is COc1cccc(CN(C)c2ncnc3sccc23)c1OC. The summed E-state index contributed by atoms with van der Waals surface area (Å²) >= 11 is 1.62. The zero-order chi connectivity index (χ0) is 15.5. The van der Waals surface area contributed by atoms with Crippen LogP contribution in [0.5, 0.6) is 11.5 Å². The zero-order valence-corrected chi connectivity index (χ0v) is 13.6. The number of nitrogens with zero attached hydrogens (tertiary/aromatic N) is 3. The van der Waals surface area contributed by atoms with Crippen molar-refractivity contribution in [3.05, 3.63) is 41.5 Å². The van der Waals surface area contributed by atoms with Crippen molar-refractivity contribution in [1.29, 1.82) is 0 Å². The number of hydrogen-bond donors (Lipinski definition) is 0. The minimum atomic E-state index is 0.669. The lowest BCUT2D eigenvalue weighted by molar-refractivity contribution is 0.351. The monoisotopic (exact) mass is 315 g/mol. The van der Waals surface area contributed by atoms with Crippen molar-refractivity contribution in [1.82, 2.24) is 9.97 Å². The maximum absolute atomic E-state index is 5.49. The van der Waals surface area contributed by atoms with Crippen LogP contribution in [0.1, 0.15) is 5.56 Å². The van der Waals surface area contributed by atoms with E-state index in [0.717, 1.165) is 33.1 Å². The van der Waals surface area contributed by atoms with Crippen LogP contribution in [-0.2, 0) is 6.54 Å². The lowest BCUT2D eigenvalue weighted by atomic mass is 10.1. The number of fused-ring (bicyclic) bond motifs is 1. The molecule has 114 valence electrons. The Hall–Kier alpha value is -2.34. The first-order chi connectivity index (χ1) is 10.7. The summed E-state index contributed by atoms with van der Waals surface area (Å²) in [6.45, 7) is 0.669. The predicted molar refractivity (Wildman–Crippen MR) is 89.1 cm³/mol. The lowest BCUT2D eigenvalue weighted by Gasteiger charge is -2.21. The molecule has 0 spiro atoms. The molecular weight excluding hydrogens is 298 g/mol. The van der Waals surface area contributed by atoms with E-state index in [-0.39, 0.29) is 0 Å². The van der Waals surface area contributed by atoms with E-state index in [1.165, 1.54) is 0 Å². The molecule has 0 aliphatic heterocycles. The number of aromatic nitrogens is 2. The van der Waals surface area contributed by atoms with E-state index in [4.69, 9.17) is 9.47 Å². The van der Waals surface area contributed by atoms with Crippen molar-refractivity contribution >= 4 is 27.4 Å². The molecule has 22 heavy (non-hydrogen) atoms. The first-order valence-electron chi connectivity index (χ1n) is 6.83. The van der Waals surface area contributed by atoms with Crippen LogP contribution in [0.15, 0.2) is 36.0 Å². The van der Waals surface area contributed by atoms with E-state index in [0.29, 0.717) is 6.54 Å². The van der Waals surface area contributed by atoms with E-state index < -0.39 is 0 Å². The molecule has 0 bridgehead atoms. The first kappa shape index (κ1) is 14.6. The molecule has 0 amide bonds. The summed E-state index contributed by atoms with van der Waals surface area (Å²) in [6.07, 6.45) is 1.60. The van der Waals surface area contributed by atoms with Crippen LogP contribution < -0.4 is 14.4 Å². The Labute approximate surface area is 133 Å². The van der Waals surface area contributed by atoms with Crippen molar-refractivity contribution in [3.63, 3.8) is 0 Å². The molecular formula is C16H17N3O2S. The molecule has 0 unspecified atom stereocenters. The number of anilines is 1. The maximum Gasteiger partial charge on any atom is 0.165 e. The van der Waals surface area contributed by atoms with Gasteiger partial charge in [-0.2, -0.15) is 0 Å². The highest BCUT2D eigenvalue weighted by molar-refractivity contribution is 7.16. The van der Waals surface area contributed by atoms with Gasteiger partial charge in [-0.3, -0.25) is 0 Å². The third-order valence-corrected chi connectivity index (χ3v) is 4.32. The van der Waals surface area contributed by atoms with Gasteiger partial charge >= 0.3 is 0 Å². The van der Waals surface area contributed by atoms with Crippen molar-refractivity contribution < 1.29 is 9.47 Å². The highest BCUT2D eigenvalue weighted by Crippen LogP contribution is 2.33. The number of hydrogen-bond acceptors (Lipinski definition) is 6. The van der Waals surface area contributed by atoms with Crippen LogP contribution in [0.2, 0.25) is 0 Å². The maximum atomic E-state index is 5.49. The molecule has 6 heteroatoms. The topological polar surface area (TPSA) is 47.5 Å². The van der Waals surface area contributed by atoms with Crippen molar-refractivity contribution in [3.8, 4) is 11.5 Å². The molecule has 0 N–H and O–H groups in total. The van der Waals surface area contributed by atoms with Crippen molar-refractivity contribution in [2.45, 2.75) is 6.54 Å². The second-order valence-corrected chi connectivity index (χ2v) is 5.74. The van der Waals surface area contributed by atoms with Crippen LogP contribution in [0, 0.1) is 0 Å². The summed E-state index contributed by atoms with van der Waals surface area (Å²) < 4.78 is 10.8. The van der Waals surface area contributed by atoms with Crippen molar-refractivity contribution in [2.24, 2.45) is 0 Å². The molecule has 3 rings (SSSR count). The Balaban J connectivity index is 1.95. The zero-order valence-electron chi connectivity index (χ0n) is 12.7. The Bertz CT molecular complexity index is 788. The summed E-state index contributed by atoms with van der Waals surface area (Å²) in [5.41, 5.74) is 1.05. The molecule has 3 aromatic rings. The minimum Gasteiger partial charge on any atom is -0.493 e. The number of rotatable bonds is 5. The largest absolute Gasteiger partial charge is 0.493 e. The van der Waals surface area contributed by atoms with Gasteiger partial charge in [0.25, 0.3) is 0 Å². The summed E-state index contributed by atoms with van der Waals surface area (Å²) in [7, 11) is 5.31. The van der Waals surface area contributed by atoms with Gasteiger partial charge in [0.2, 0.25) is 0 Å². The van der Waals surface area contributed by atoms with Gasteiger partial charge in [0, 0.05) is 19.2 Å². The van der Waals surface area contributed by atoms with Crippen LogP contribution in [-0.4, -0.2) is 31.2 Å². The fraction of sp³-hybridized carbons (Fsp3) is 0.250. The quantitative estimate of drug-likeness (QED) is 0.722. The third kappa shape index (κ3) is 2.57. The molecule has 2 aromatic heterocycles. The number of para-hydroxylation sites is 1. The van der Waals surface area contributed by atoms with E-state index in [2.05, 4.69) is 20.9 Å². The molecule has 1 aromatic carbocycles. The average Bonchev–Trinajstić information content (AvgIpc) is 3.02.